The summed E-state index contributed by atoms with van der Waals surface area (Å²) in [5, 5.41) is 0. The Balaban J connectivity index is 2.46. The van der Waals surface area contributed by atoms with Crippen LogP contribution >= 0.6 is 22.6 Å². The summed E-state index contributed by atoms with van der Waals surface area (Å²) < 4.78 is 12.4. The Morgan fingerprint density at radius 3 is 2.50 bits per heavy atom. The van der Waals surface area contributed by atoms with Gasteiger partial charge in [-0.3, -0.25) is 0 Å². The molecule has 1 heterocycles. The number of alkyl halides is 1. The minimum atomic E-state index is 0.199. The summed E-state index contributed by atoms with van der Waals surface area (Å²) in [6, 6.07) is 0. The van der Waals surface area contributed by atoms with E-state index in [0.29, 0.717) is 6.10 Å². The van der Waals surface area contributed by atoms with Gasteiger partial charge in [-0.05, 0) is 5.41 Å². The summed E-state index contributed by atoms with van der Waals surface area (Å²) in [6.07, 6.45) is 0.551. The molecule has 0 radical (unpaired) electrons. The van der Waals surface area contributed by atoms with Gasteiger partial charge in [0.25, 0.3) is 0 Å². The number of hydrogen-bond donors (Lipinski definition) is 0. The Morgan fingerprint density at radius 1 is 1.33 bits per heavy atom. The highest BCUT2D eigenvalue weighted by atomic mass is 127. The van der Waals surface area contributed by atoms with Crippen molar-refractivity contribution in [3.8, 4) is 0 Å². The Labute approximate surface area is 88.1 Å². The highest BCUT2D eigenvalue weighted by Gasteiger charge is 2.31. The first kappa shape index (κ1) is 10.7. The van der Waals surface area contributed by atoms with Crippen LogP contribution in [0.15, 0.2) is 0 Å². The molecule has 2 atom stereocenters. The lowest BCUT2D eigenvalue weighted by atomic mass is 9.89. The van der Waals surface area contributed by atoms with E-state index in [1.807, 2.05) is 0 Å². The molecule has 1 saturated heterocycles. The van der Waals surface area contributed by atoms with Gasteiger partial charge in [0, 0.05) is 4.43 Å². The first-order valence-corrected chi connectivity index (χ1v) is 5.86. The standard InChI is InChI=1S/C9H17IO2/c1-9(2,3)8-6-11-5-7(4-10)12-8/h7-8H,4-6H2,1-3H3. The van der Waals surface area contributed by atoms with E-state index in [1.54, 1.807) is 0 Å². The zero-order chi connectivity index (χ0) is 9.19. The van der Waals surface area contributed by atoms with Crippen molar-refractivity contribution in [3.05, 3.63) is 0 Å². The molecule has 3 heteroatoms. The Kier molecular flexibility index (Phi) is 3.79. The fraction of sp³-hybridized carbons (Fsp3) is 1.00. The number of ether oxygens (including phenoxy) is 2. The van der Waals surface area contributed by atoms with Crippen molar-refractivity contribution in [2.75, 3.05) is 17.6 Å². The molecule has 0 aromatic heterocycles. The van der Waals surface area contributed by atoms with Crippen molar-refractivity contribution in [1.29, 1.82) is 0 Å². The molecular formula is C9H17IO2. The third kappa shape index (κ3) is 2.85. The van der Waals surface area contributed by atoms with E-state index in [0.717, 1.165) is 17.6 Å². The van der Waals surface area contributed by atoms with Gasteiger partial charge >= 0.3 is 0 Å². The average molecular weight is 284 g/mol. The topological polar surface area (TPSA) is 18.5 Å². The zero-order valence-electron chi connectivity index (χ0n) is 7.97. The van der Waals surface area contributed by atoms with Crippen LogP contribution in [0.1, 0.15) is 20.8 Å². The van der Waals surface area contributed by atoms with E-state index in [1.165, 1.54) is 0 Å². The Hall–Kier alpha value is 0.650. The molecule has 0 bridgehead atoms. The lowest BCUT2D eigenvalue weighted by molar-refractivity contribution is -0.162. The van der Waals surface area contributed by atoms with Gasteiger partial charge in [-0.25, -0.2) is 0 Å². The molecule has 1 rings (SSSR count). The largest absolute Gasteiger partial charge is 0.376 e. The summed E-state index contributed by atoms with van der Waals surface area (Å²) in [6.45, 7) is 8.08. The average Bonchev–Trinajstić information content (AvgIpc) is 2.03. The lowest BCUT2D eigenvalue weighted by Gasteiger charge is -2.37. The van der Waals surface area contributed by atoms with Crippen LogP contribution in [0, 0.1) is 5.41 Å². The van der Waals surface area contributed by atoms with Crippen LogP contribution in [0.5, 0.6) is 0 Å². The summed E-state index contributed by atoms with van der Waals surface area (Å²) in [4.78, 5) is 0. The van der Waals surface area contributed by atoms with Gasteiger partial charge < -0.3 is 9.47 Å². The summed E-state index contributed by atoms with van der Waals surface area (Å²) in [7, 11) is 0. The van der Waals surface area contributed by atoms with Crippen LogP contribution in [0.3, 0.4) is 0 Å². The van der Waals surface area contributed by atoms with Crippen LogP contribution in [-0.2, 0) is 9.47 Å². The number of hydrogen-bond acceptors (Lipinski definition) is 2. The molecule has 1 aliphatic rings. The van der Waals surface area contributed by atoms with E-state index in [9.17, 15) is 0 Å². The molecule has 2 unspecified atom stereocenters. The van der Waals surface area contributed by atoms with Gasteiger partial charge in [-0.15, -0.1) is 0 Å². The first-order chi connectivity index (χ1) is 5.54. The minimum absolute atomic E-state index is 0.199. The van der Waals surface area contributed by atoms with E-state index in [-0.39, 0.29) is 11.5 Å². The molecule has 1 aliphatic heterocycles. The highest BCUT2D eigenvalue weighted by molar-refractivity contribution is 14.1. The van der Waals surface area contributed by atoms with Crippen molar-refractivity contribution in [2.24, 2.45) is 5.41 Å². The molecule has 0 aliphatic carbocycles. The predicted molar refractivity (Wildman–Crippen MR) is 57.8 cm³/mol. The van der Waals surface area contributed by atoms with Gasteiger partial charge in [0.2, 0.25) is 0 Å². The molecule has 0 spiro atoms. The molecule has 12 heavy (non-hydrogen) atoms. The van der Waals surface area contributed by atoms with Gasteiger partial charge in [-0.1, -0.05) is 43.4 Å². The molecule has 0 amide bonds. The maximum Gasteiger partial charge on any atom is 0.0902 e. The SMILES string of the molecule is CC(C)(C)C1COCC(CI)O1. The second kappa shape index (κ2) is 4.24. The van der Waals surface area contributed by atoms with E-state index >= 15 is 0 Å². The number of rotatable bonds is 1. The van der Waals surface area contributed by atoms with Crippen molar-refractivity contribution in [3.63, 3.8) is 0 Å². The van der Waals surface area contributed by atoms with Gasteiger partial charge in [0.15, 0.2) is 0 Å². The molecular weight excluding hydrogens is 267 g/mol. The number of halogens is 1. The highest BCUT2D eigenvalue weighted by Crippen LogP contribution is 2.26. The Morgan fingerprint density at radius 2 is 2.00 bits per heavy atom. The zero-order valence-corrected chi connectivity index (χ0v) is 10.1. The second-order valence-corrected chi connectivity index (χ2v) is 5.19. The molecule has 0 aromatic carbocycles. The van der Waals surface area contributed by atoms with Crippen molar-refractivity contribution >= 4 is 22.6 Å². The van der Waals surface area contributed by atoms with Crippen LogP contribution in [0.25, 0.3) is 0 Å². The smallest absolute Gasteiger partial charge is 0.0902 e. The molecule has 2 nitrogen and oxygen atoms in total. The normalized spacial score (nSPS) is 32.0. The molecule has 0 saturated carbocycles. The van der Waals surface area contributed by atoms with Gasteiger partial charge in [0.05, 0.1) is 25.4 Å². The maximum absolute atomic E-state index is 5.87. The lowest BCUT2D eigenvalue weighted by Crippen LogP contribution is -2.44. The van der Waals surface area contributed by atoms with Crippen molar-refractivity contribution in [2.45, 2.75) is 33.0 Å². The van der Waals surface area contributed by atoms with E-state index in [2.05, 4.69) is 43.4 Å². The molecule has 1 fully saturated rings. The van der Waals surface area contributed by atoms with Crippen molar-refractivity contribution < 1.29 is 9.47 Å². The maximum atomic E-state index is 5.87. The summed E-state index contributed by atoms with van der Waals surface area (Å²) in [5.74, 6) is 0. The monoisotopic (exact) mass is 284 g/mol. The van der Waals surface area contributed by atoms with Crippen LogP contribution in [-0.4, -0.2) is 29.8 Å². The van der Waals surface area contributed by atoms with E-state index in [4.69, 9.17) is 9.47 Å². The Bertz CT molecular complexity index is 142. The van der Waals surface area contributed by atoms with Crippen molar-refractivity contribution in [1.82, 2.24) is 0 Å². The minimum Gasteiger partial charge on any atom is -0.376 e. The first-order valence-electron chi connectivity index (χ1n) is 4.33. The summed E-state index contributed by atoms with van der Waals surface area (Å²) >= 11 is 2.34. The summed E-state index contributed by atoms with van der Waals surface area (Å²) in [5.41, 5.74) is 0.199. The third-order valence-corrected chi connectivity index (χ3v) is 3.05. The van der Waals surface area contributed by atoms with E-state index < -0.39 is 0 Å². The predicted octanol–water partition coefficient (Wildman–Crippen LogP) is 2.25. The van der Waals surface area contributed by atoms with Crippen LogP contribution in [0.4, 0.5) is 0 Å². The fourth-order valence-electron chi connectivity index (χ4n) is 1.15. The fourth-order valence-corrected chi connectivity index (χ4v) is 1.61. The van der Waals surface area contributed by atoms with Crippen LogP contribution < -0.4 is 0 Å². The van der Waals surface area contributed by atoms with Crippen LogP contribution in [0.2, 0.25) is 0 Å². The molecule has 72 valence electrons. The van der Waals surface area contributed by atoms with Gasteiger partial charge in [-0.2, -0.15) is 0 Å². The third-order valence-electron chi connectivity index (χ3n) is 2.07. The quantitative estimate of drug-likeness (QED) is 0.543. The molecule has 0 N–H and O–H groups in total. The second-order valence-electron chi connectivity index (χ2n) is 4.30. The van der Waals surface area contributed by atoms with Gasteiger partial charge in [0.1, 0.15) is 0 Å². The molecule has 0 aromatic rings.